The molecule has 0 fully saturated rings. The summed E-state index contributed by atoms with van der Waals surface area (Å²) in [4.78, 5) is 28.5. The molecule has 38 heavy (non-hydrogen) atoms. The van der Waals surface area contributed by atoms with Crippen LogP contribution in [0.5, 0.6) is 0 Å². The zero-order chi connectivity index (χ0) is 27.3. The first-order chi connectivity index (χ1) is 18.1. The third-order valence-corrected chi connectivity index (χ3v) is 6.31. The monoisotopic (exact) mass is 527 g/mol. The van der Waals surface area contributed by atoms with Crippen LogP contribution in [-0.2, 0) is 4.74 Å². The molecule has 0 bridgehead atoms. The Morgan fingerprint density at radius 1 is 1.08 bits per heavy atom. The number of aryl methyl sites for hydroxylation is 1. The van der Waals surface area contributed by atoms with Crippen molar-refractivity contribution < 1.29 is 14.3 Å². The molecule has 0 spiro atoms. The average Bonchev–Trinajstić information content (AvgIpc) is 3.29. The highest BCUT2D eigenvalue weighted by molar-refractivity contribution is 7.18. The van der Waals surface area contributed by atoms with Gasteiger partial charge in [-0.2, -0.15) is 0 Å². The molecule has 3 amide bonds. The smallest absolute Gasteiger partial charge is 0.408 e. The molecule has 0 unspecified atom stereocenters. The molecule has 0 aliphatic heterocycles. The number of nitrogens with one attached hydrogen (secondary N) is 3. The van der Waals surface area contributed by atoms with Crippen LogP contribution in [0.25, 0.3) is 21.2 Å². The van der Waals surface area contributed by atoms with Crippen molar-refractivity contribution in [3.8, 4) is 23.0 Å². The molecule has 0 saturated carbocycles. The number of carbonyl (C=O) groups is 2. The minimum Gasteiger partial charge on any atom is -0.444 e. The Hall–Kier alpha value is -4.55. The number of urea groups is 1. The Morgan fingerprint density at radius 3 is 2.53 bits per heavy atom. The number of fused-ring (bicyclic) bond motifs is 1. The third kappa shape index (κ3) is 6.81. The van der Waals surface area contributed by atoms with Crippen molar-refractivity contribution in [2.75, 3.05) is 22.9 Å². The summed E-state index contributed by atoms with van der Waals surface area (Å²) in [6.07, 6.45) is 1.12. The van der Waals surface area contributed by atoms with Crippen LogP contribution in [0.2, 0.25) is 0 Å². The average molecular weight is 528 g/mol. The zero-order valence-corrected chi connectivity index (χ0v) is 22.5. The number of anilines is 3. The van der Waals surface area contributed by atoms with Crippen LogP contribution in [0, 0.1) is 18.8 Å². The Labute approximate surface area is 225 Å². The normalized spacial score (nSPS) is 10.8. The van der Waals surface area contributed by atoms with Gasteiger partial charge in [0.2, 0.25) is 0 Å². The van der Waals surface area contributed by atoms with Gasteiger partial charge in [0, 0.05) is 28.5 Å². The van der Waals surface area contributed by atoms with E-state index in [0.717, 1.165) is 38.0 Å². The number of thiophene rings is 1. The van der Waals surface area contributed by atoms with Gasteiger partial charge in [-0.3, -0.25) is 0 Å². The number of hydrogen-bond donors (Lipinski definition) is 4. The maximum Gasteiger partial charge on any atom is 0.408 e. The van der Waals surface area contributed by atoms with Gasteiger partial charge < -0.3 is 26.4 Å². The molecule has 0 saturated heterocycles. The van der Waals surface area contributed by atoms with Gasteiger partial charge in [0.05, 0.1) is 16.8 Å². The molecule has 9 heteroatoms. The predicted octanol–water partition coefficient (Wildman–Crippen LogP) is 6.37. The molecular weight excluding hydrogens is 498 g/mol. The van der Waals surface area contributed by atoms with Gasteiger partial charge in [0.15, 0.2) is 0 Å². The number of amides is 3. The fraction of sp³-hybridized carbons (Fsp3) is 0.207. The lowest BCUT2D eigenvalue weighted by Crippen LogP contribution is -2.32. The number of rotatable bonds is 4. The van der Waals surface area contributed by atoms with E-state index in [4.69, 9.17) is 10.5 Å². The second-order valence-corrected chi connectivity index (χ2v) is 10.5. The van der Waals surface area contributed by atoms with Gasteiger partial charge >= 0.3 is 12.1 Å². The molecule has 4 aromatic rings. The molecule has 2 aromatic carbocycles. The molecule has 0 atom stereocenters. The molecule has 8 nitrogen and oxygen atoms in total. The first-order valence-corrected chi connectivity index (χ1v) is 12.8. The molecule has 2 aromatic heterocycles. The van der Waals surface area contributed by atoms with Crippen LogP contribution >= 0.6 is 11.3 Å². The van der Waals surface area contributed by atoms with Crippen molar-refractivity contribution in [1.82, 2.24) is 10.3 Å². The van der Waals surface area contributed by atoms with Gasteiger partial charge in [0.1, 0.15) is 11.4 Å². The first-order valence-electron chi connectivity index (χ1n) is 12.0. The van der Waals surface area contributed by atoms with Crippen LogP contribution in [0.15, 0.2) is 60.1 Å². The highest BCUT2D eigenvalue weighted by Gasteiger charge is 2.16. The lowest BCUT2D eigenvalue weighted by atomic mass is 10.0. The van der Waals surface area contributed by atoms with Gasteiger partial charge in [-0.1, -0.05) is 36.1 Å². The quantitative estimate of drug-likeness (QED) is 0.230. The first kappa shape index (κ1) is 26.5. The molecule has 0 aliphatic rings. The fourth-order valence-electron chi connectivity index (χ4n) is 3.69. The number of alkyl carbamates (subject to hydrolysis) is 1. The van der Waals surface area contributed by atoms with Crippen molar-refractivity contribution in [2.45, 2.75) is 33.3 Å². The maximum absolute atomic E-state index is 12.4. The molecule has 0 radical (unpaired) electrons. The second-order valence-electron chi connectivity index (χ2n) is 9.59. The summed E-state index contributed by atoms with van der Waals surface area (Å²) in [7, 11) is 0. The van der Waals surface area contributed by atoms with Gasteiger partial charge in [-0.05, 0) is 68.5 Å². The number of pyridine rings is 1. The summed E-state index contributed by atoms with van der Waals surface area (Å²) in [5.41, 5.74) is 10.7. The Bertz CT molecular complexity index is 1540. The van der Waals surface area contributed by atoms with Crippen LogP contribution in [-0.4, -0.2) is 29.3 Å². The lowest BCUT2D eigenvalue weighted by molar-refractivity contribution is 0.0535. The number of nitrogens with two attached hydrogens (primary N) is 1. The van der Waals surface area contributed by atoms with E-state index in [2.05, 4.69) is 32.8 Å². The molecule has 0 aliphatic carbocycles. The molecule has 2 heterocycles. The number of nitrogens with zero attached hydrogens (tertiary/aromatic N) is 1. The van der Waals surface area contributed by atoms with E-state index in [1.165, 1.54) is 11.3 Å². The molecule has 4 rings (SSSR count). The topological polar surface area (TPSA) is 118 Å². The van der Waals surface area contributed by atoms with E-state index < -0.39 is 11.7 Å². The minimum absolute atomic E-state index is 0.144. The number of hydrogen-bond acceptors (Lipinski definition) is 6. The fourth-order valence-corrected chi connectivity index (χ4v) is 4.74. The number of benzene rings is 2. The number of carbonyl (C=O) groups excluding carboxylic acids is 2. The number of nitrogen functional groups attached to an aromatic ring is 1. The summed E-state index contributed by atoms with van der Waals surface area (Å²) < 4.78 is 6.13. The second kappa shape index (κ2) is 11.2. The van der Waals surface area contributed by atoms with Crippen molar-refractivity contribution in [3.05, 3.63) is 71.2 Å². The van der Waals surface area contributed by atoms with Crippen molar-refractivity contribution in [2.24, 2.45) is 0 Å². The van der Waals surface area contributed by atoms with Crippen LogP contribution in [0.4, 0.5) is 26.8 Å². The maximum atomic E-state index is 12.4. The number of ether oxygens (including phenoxy) is 1. The van der Waals surface area contributed by atoms with Gasteiger partial charge in [0.25, 0.3) is 0 Å². The Morgan fingerprint density at radius 2 is 1.82 bits per heavy atom. The van der Waals surface area contributed by atoms with E-state index in [1.54, 1.807) is 27.0 Å². The Kier molecular flexibility index (Phi) is 7.84. The molecule has 5 N–H and O–H groups in total. The molecular formula is C29H29N5O3S. The summed E-state index contributed by atoms with van der Waals surface area (Å²) >= 11 is 1.52. The van der Waals surface area contributed by atoms with Crippen molar-refractivity contribution in [3.63, 3.8) is 0 Å². The van der Waals surface area contributed by atoms with E-state index in [1.807, 2.05) is 60.8 Å². The van der Waals surface area contributed by atoms with Crippen LogP contribution < -0.4 is 21.7 Å². The Balaban J connectivity index is 1.47. The summed E-state index contributed by atoms with van der Waals surface area (Å²) in [6, 6.07) is 14.8. The van der Waals surface area contributed by atoms with Crippen molar-refractivity contribution in [1.29, 1.82) is 0 Å². The highest BCUT2D eigenvalue weighted by atomic mass is 32.1. The standard InChI is InChI=1S/C29H29N5O3S/c1-18-7-5-9-22(15-18)34-27(35)33-21-12-10-19(11-13-21)23-17-38-25-20(16-32-26(30)24(23)25)8-6-14-31-28(36)37-29(2,3)4/h5,7,9-13,15-17H,14H2,1-4H3,(H2,30,32)(H,31,36)(H2,33,34,35). The SMILES string of the molecule is Cc1cccc(NC(=O)Nc2ccc(-c3csc4c(C#CCNC(=O)OC(C)(C)C)cnc(N)c34)cc2)c1. The van der Waals surface area contributed by atoms with E-state index in [0.29, 0.717) is 11.5 Å². The van der Waals surface area contributed by atoms with Crippen LogP contribution in [0.1, 0.15) is 31.9 Å². The lowest BCUT2D eigenvalue weighted by Gasteiger charge is -2.18. The molecule has 194 valence electrons. The van der Waals surface area contributed by atoms with Gasteiger partial charge in [-0.15, -0.1) is 11.3 Å². The predicted molar refractivity (Wildman–Crippen MR) is 154 cm³/mol. The third-order valence-electron chi connectivity index (χ3n) is 5.30. The van der Waals surface area contributed by atoms with Crippen LogP contribution in [0.3, 0.4) is 0 Å². The van der Waals surface area contributed by atoms with E-state index >= 15 is 0 Å². The summed E-state index contributed by atoms with van der Waals surface area (Å²) in [5, 5.41) is 11.1. The number of aromatic nitrogens is 1. The van der Waals surface area contributed by atoms with Gasteiger partial charge in [-0.25, -0.2) is 14.6 Å². The summed E-state index contributed by atoms with van der Waals surface area (Å²) in [6.45, 7) is 7.52. The minimum atomic E-state index is -0.569. The van der Waals surface area contributed by atoms with Crippen molar-refractivity contribution >= 4 is 50.7 Å². The summed E-state index contributed by atoms with van der Waals surface area (Å²) in [5.74, 6) is 6.42. The largest absolute Gasteiger partial charge is 0.444 e. The van der Waals surface area contributed by atoms with E-state index in [9.17, 15) is 9.59 Å². The zero-order valence-electron chi connectivity index (χ0n) is 21.6. The van der Waals surface area contributed by atoms with E-state index in [-0.39, 0.29) is 12.6 Å². The highest BCUT2D eigenvalue weighted by Crippen LogP contribution is 2.38.